The fourth-order valence-corrected chi connectivity index (χ4v) is 3.81. The maximum atomic E-state index is 12.9. The van der Waals surface area contributed by atoms with E-state index in [1.165, 1.54) is 21.9 Å². The molecule has 1 aliphatic rings. The number of benzene rings is 1. The van der Waals surface area contributed by atoms with E-state index in [0.717, 1.165) is 10.2 Å². The lowest BCUT2D eigenvalue weighted by Gasteiger charge is -2.26. The molecule has 0 saturated carbocycles. The number of thiazole rings is 1. The van der Waals surface area contributed by atoms with Crippen LogP contribution < -0.4 is 10.3 Å². The molecule has 1 amide bonds. The summed E-state index contributed by atoms with van der Waals surface area (Å²) in [4.78, 5) is 32.0. The molecule has 24 heavy (non-hydrogen) atoms. The van der Waals surface area contributed by atoms with Crippen LogP contribution in [0.15, 0.2) is 29.2 Å². The van der Waals surface area contributed by atoms with Crippen molar-refractivity contribution in [2.24, 2.45) is 0 Å². The van der Waals surface area contributed by atoms with E-state index in [-0.39, 0.29) is 17.0 Å². The molecule has 0 spiro atoms. The quantitative estimate of drug-likeness (QED) is 0.702. The van der Waals surface area contributed by atoms with Crippen molar-refractivity contribution in [2.75, 3.05) is 33.4 Å². The van der Waals surface area contributed by atoms with E-state index in [0.29, 0.717) is 37.0 Å². The number of nitrogens with zero attached hydrogens (tertiary/aromatic N) is 3. The molecule has 1 aliphatic heterocycles. The first kappa shape index (κ1) is 15.1. The first-order chi connectivity index (χ1) is 11.7. The molecular formula is C16H15N3O4S. The van der Waals surface area contributed by atoms with Crippen LogP contribution in [0, 0.1) is 0 Å². The number of hydrogen-bond donors (Lipinski definition) is 0. The van der Waals surface area contributed by atoms with Gasteiger partial charge in [-0.25, -0.2) is 4.98 Å². The van der Waals surface area contributed by atoms with Crippen LogP contribution in [0.4, 0.5) is 0 Å². The van der Waals surface area contributed by atoms with Gasteiger partial charge < -0.3 is 14.4 Å². The lowest BCUT2D eigenvalue weighted by Crippen LogP contribution is -2.42. The number of carbonyl (C=O) groups excluding carboxylic acids is 1. The van der Waals surface area contributed by atoms with Crippen LogP contribution in [0.2, 0.25) is 0 Å². The predicted molar refractivity (Wildman–Crippen MR) is 90.1 cm³/mol. The third-order valence-corrected chi connectivity index (χ3v) is 5.08. The molecule has 7 nitrogen and oxygen atoms in total. The third kappa shape index (κ3) is 2.35. The number of morpholine rings is 1. The summed E-state index contributed by atoms with van der Waals surface area (Å²) in [6.45, 7) is 1.96. The Morgan fingerprint density at radius 1 is 1.33 bits per heavy atom. The maximum absolute atomic E-state index is 12.9. The molecule has 124 valence electrons. The monoisotopic (exact) mass is 345 g/mol. The minimum atomic E-state index is -0.340. The van der Waals surface area contributed by atoms with Crippen LogP contribution in [0.25, 0.3) is 15.2 Å². The van der Waals surface area contributed by atoms with Crippen LogP contribution in [-0.2, 0) is 4.74 Å². The smallest absolute Gasteiger partial charge is 0.271 e. The summed E-state index contributed by atoms with van der Waals surface area (Å²) >= 11 is 1.39. The first-order valence-electron chi connectivity index (χ1n) is 7.54. The Labute approximate surface area is 141 Å². The highest BCUT2D eigenvalue weighted by Crippen LogP contribution is 2.27. The molecule has 0 radical (unpaired) electrons. The summed E-state index contributed by atoms with van der Waals surface area (Å²) in [5, 5.41) is 0. The minimum absolute atomic E-state index is 0.0879. The number of aromatic nitrogens is 2. The van der Waals surface area contributed by atoms with Crippen LogP contribution in [-0.4, -0.2) is 53.6 Å². The Hall–Kier alpha value is -2.45. The van der Waals surface area contributed by atoms with Crippen molar-refractivity contribution in [1.82, 2.24) is 14.3 Å². The molecular weight excluding hydrogens is 330 g/mol. The van der Waals surface area contributed by atoms with E-state index < -0.39 is 0 Å². The Morgan fingerprint density at radius 2 is 2.12 bits per heavy atom. The molecule has 0 aliphatic carbocycles. The fraction of sp³-hybridized carbons (Fsp3) is 0.312. The molecule has 4 rings (SSSR count). The van der Waals surface area contributed by atoms with E-state index >= 15 is 0 Å². The molecule has 2 aromatic heterocycles. The molecule has 3 heterocycles. The highest BCUT2D eigenvalue weighted by Gasteiger charge is 2.23. The zero-order chi connectivity index (χ0) is 16.7. The second kappa shape index (κ2) is 5.88. The fourth-order valence-electron chi connectivity index (χ4n) is 2.79. The van der Waals surface area contributed by atoms with Crippen molar-refractivity contribution >= 4 is 32.4 Å². The van der Waals surface area contributed by atoms with Gasteiger partial charge in [0.15, 0.2) is 4.96 Å². The standard InChI is InChI=1S/C16H15N3O4S/c1-22-10-2-3-12-13(8-10)24-16-17-9-11(15(21)19(12)16)14(20)18-4-6-23-7-5-18/h2-3,8-9H,4-7H2,1H3. The number of ether oxygens (including phenoxy) is 2. The highest BCUT2D eigenvalue weighted by molar-refractivity contribution is 7.23. The second-order valence-corrected chi connectivity index (χ2v) is 6.44. The Kier molecular flexibility index (Phi) is 3.70. The van der Waals surface area contributed by atoms with E-state index in [4.69, 9.17) is 9.47 Å². The molecule has 0 unspecified atom stereocenters. The van der Waals surface area contributed by atoms with Crippen molar-refractivity contribution in [2.45, 2.75) is 0 Å². The summed E-state index contributed by atoms with van der Waals surface area (Å²) < 4.78 is 12.8. The van der Waals surface area contributed by atoms with Crippen molar-refractivity contribution in [3.8, 4) is 5.75 Å². The predicted octanol–water partition coefficient (Wildman–Crippen LogP) is 1.39. The van der Waals surface area contributed by atoms with Crippen LogP contribution in [0.5, 0.6) is 5.75 Å². The van der Waals surface area contributed by atoms with Gasteiger partial charge >= 0.3 is 0 Å². The van der Waals surface area contributed by atoms with Gasteiger partial charge in [-0.1, -0.05) is 11.3 Å². The molecule has 1 saturated heterocycles. The van der Waals surface area contributed by atoms with Gasteiger partial charge in [-0.15, -0.1) is 0 Å². The summed E-state index contributed by atoms with van der Waals surface area (Å²) in [6, 6.07) is 5.46. The number of rotatable bonds is 2. The van der Waals surface area contributed by atoms with Crippen molar-refractivity contribution in [1.29, 1.82) is 0 Å². The number of methoxy groups -OCH3 is 1. The SMILES string of the molecule is COc1ccc2c(c1)sc1ncc(C(=O)N3CCOCC3)c(=O)n12. The van der Waals surface area contributed by atoms with E-state index in [2.05, 4.69) is 4.98 Å². The summed E-state index contributed by atoms with van der Waals surface area (Å²) in [6.07, 6.45) is 1.38. The summed E-state index contributed by atoms with van der Waals surface area (Å²) in [5.74, 6) is 0.421. The molecule has 1 fully saturated rings. The number of hydrogen-bond acceptors (Lipinski definition) is 6. The van der Waals surface area contributed by atoms with Crippen molar-refractivity contribution in [3.63, 3.8) is 0 Å². The molecule has 0 N–H and O–H groups in total. The van der Waals surface area contributed by atoms with Crippen LogP contribution in [0.3, 0.4) is 0 Å². The van der Waals surface area contributed by atoms with Gasteiger partial charge in [0.25, 0.3) is 11.5 Å². The number of carbonyl (C=O) groups is 1. The van der Waals surface area contributed by atoms with Gasteiger partial charge in [-0.3, -0.25) is 14.0 Å². The van der Waals surface area contributed by atoms with Gasteiger partial charge in [-0.05, 0) is 18.2 Å². The lowest BCUT2D eigenvalue weighted by molar-refractivity contribution is 0.0301. The van der Waals surface area contributed by atoms with Crippen molar-refractivity contribution < 1.29 is 14.3 Å². The average molecular weight is 345 g/mol. The van der Waals surface area contributed by atoms with Crippen LogP contribution >= 0.6 is 11.3 Å². The second-order valence-electron chi connectivity index (χ2n) is 5.44. The van der Waals surface area contributed by atoms with Gasteiger partial charge in [0.1, 0.15) is 11.3 Å². The van der Waals surface area contributed by atoms with E-state index in [1.807, 2.05) is 12.1 Å². The van der Waals surface area contributed by atoms with Gasteiger partial charge in [0.05, 0.1) is 30.5 Å². The topological polar surface area (TPSA) is 73.1 Å². The molecule has 0 bridgehead atoms. The average Bonchev–Trinajstić information content (AvgIpc) is 3.00. The van der Waals surface area contributed by atoms with Gasteiger partial charge in [-0.2, -0.15) is 0 Å². The summed E-state index contributed by atoms with van der Waals surface area (Å²) in [7, 11) is 1.60. The van der Waals surface area contributed by atoms with E-state index in [9.17, 15) is 9.59 Å². The maximum Gasteiger partial charge on any atom is 0.271 e. The Morgan fingerprint density at radius 3 is 2.88 bits per heavy atom. The number of fused-ring (bicyclic) bond motifs is 3. The highest BCUT2D eigenvalue weighted by atomic mass is 32.1. The minimum Gasteiger partial charge on any atom is -0.497 e. The van der Waals surface area contributed by atoms with Crippen molar-refractivity contribution in [3.05, 3.63) is 40.3 Å². The van der Waals surface area contributed by atoms with E-state index in [1.54, 1.807) is 18.1 Å². The Balaban J connectivity index is 1.86. The summed E-state index contributed by atoms with van der Waals surface area (Å²) in [5.41, 5.74) is 0.475. The normalized spacial score (nSPS) is 15.1. The first-order valence-corrected chi connectivity index (χ1v) is 8.36. The lowest BCUT2D eigenvalue weighted by atomic mass is 10.2. The Bertz CT molecular complexity index is 988. The molecule has 0 atom stereocenters. The molecule has 8 heteroatoms. The van der Waals surface area contributed by atoms with Gasteiger partial charge in [0, 0.05) is 19.3 Å². The largest absolute Gasteiger partial charge is 0.497 e. The van der Waals surface area contributed by atoms with Crippen LogP contribution in [0.1, 0.15) is 10.4 Å². The molecule has 1 aromatic carbocycles. The zero-order valence-electron chi connectivity index (χ0n) is 13.0. The van der Waals surface area contributed by atoms with Gasteiger partial charge in [0.2, 0.25) is 0 Å². The zero-order valence-corrected chi connectivity index (χ0v) is 13.8. The molecule has 3 aromatic rings. The number of amides is 1. The third-order valence-electron chi connectivity index (χ3n) is 4.07.